The molecular formula is C30H36ClNO5. The first-order valence-corrected chi connectivity index (χ1v) is 13.1. The maximum absolute atomic E-state index is 11.4. The summed E-state index contributed by atoms with van der Waals surface area (Å²) in [5.41, 5.74) is 1.43. The second-order valence-electron chi connectivity index (χ2n) is 10.2. The van der Waals surface area contributed by atoms with Crippen LogP contribution >= 0.6 is 11.6 Å². The lowest BCUT2D eigenvalue weighted by atomic mass is 9.65. The molecule has 1 fully saturated rings. The molecule has 1 aliphatic carbocycles. The summed E-state index contributed by atoms with van der Waals surface area (Å²) in [7, 11) is 1.51. The summed E-state index contributed by atoms with van der Waals surface area (Å²) in [6.45, 7) is 7.60. The Hall–Kier alpha value is -2.64. The zero-order valence-electron chi connectivity index (χ0n) is 21.8. The molecule has 4 rings (SSSR count). The van der Waals surface area contributed by atoms with Crippen LogP contribution in [-0.2, 0) is 4.74 Å². The zero-order valence-corrected chi connectivity index (χ0v) is 22.5. The van der Waals surface area contributed by atoms with Gasteiger partial charge in [0.25, 0.3) is 0 Å². The highest BCUT2D eigenvalue weighted by Gasteiger charge is 2.49. The molecule has 0 radical (unpaired) electrons. The van der Waals surface area contributed by atoms with Gasteiger partial charge in [0, 0.05) is 37.7 Å². The first-order valence-electron chi connectivity index (χ1n) is 12.7. The lowest BCUT2D eigenvalue weighted by Crippen LogP contribution is -2.52. The molecule has 1 unspecified atom stereocenters. The number of hydrogen-bond donors (Lipinski definition) is 1. The molecule has 37 heavy (non-hydrogen) atoms. The summed E-state index contributed by atoms with van der Waals surface area (Å²) in [6.07, 6.45) is 8.39. The highest BCUT2D eigenvalue weighted by molar-refractivity contribution is 6.32. The summed E-state index contributed by atoms with van der Waals surface area (Å²) >= 11 is 6.47. The van der Waals surface area contributed by atoms with Gasteiger partial charge in [-0.1, -0.05) is 67.9 Å². The van der Waals surface area contributed by atoms with E-state index in [2.05, 4.69) is 43.0 Å². The Morgan fingerprint density at radius 3 is 2.65 bits per heavy atom. The number of rotatable bonds is 11. The molecule has 7 heteroatoms. The van der Waals surface area contributed by atoms with Gasteiger partial charge in [0.05, 0.1) is 23.8 Å². The van der Waals surface area contributed by atoms with E-state index in [4.69, 9.17) is 25.8 Å². The number of allylic oxidation sites excluding steroid dienone is 2. The predicted molar refractivity (Wildman–Crippen MR) is 147 cm³/mol. The third kappa shape index (κ3) is 5.93. The van der Waals surface area contributed by atoms with Gasteiger partial charge >= 0.3 is 0 Å². The van der Waals surface area contributed by atoms with Crippen LogP contribution in [-0.4, -0.2) is 68.0 Å². The molecule has 2 aromatic rings. The van der Waals surface area contributed by atoms with Gasteiger partial charge in [-0.25, -0.2) is 0 Å². The topological polar surface area (TPSA) is 68.2 Å². The Kier molecular flexibility index (Phi) is 8.75. The van der Waals surface area contributed by atoms with Gasteiger partial charge in [0.15, 0.2) is 6.29 Å². The standard InChI is InChI=1S/C30H36ClNO5/c1-29(2)25(22-9-5-4-6-10-22)11-7-13-30(29,37-16-8-14-32-15-12-24(34)19-32)21-36-28-18-27(35-3)23(20-33)17-26(28)31/h4-7,9-11,13,17-18,20,24,34H,8,12,14-16,19,21H2,1-3H3/t24?,30-/m0/s1. The number of β-amino-alcohol motifs (C(OH)–C–C–N with tert-alkyl or cyclic N) is 1. The second-order valence-corrected chi connectivity index (χ2v) is 10.6. The Bertz CT molecular complexity index is 1150. The molecule has 2 aromatic carbocycles. The number of nitrogens with zero attached hydrogens (tertiary/aromatic N) is 1. The number of methoxy groups -OCH3 is 1. The molecule has 0 aromatic heterocycles. The van der Waals surface area contributed by atoms with Crippen molar-refractivity contribution in [2.45, 2.75) is 38.4 Å². The molecule has 2 atom stereocenters. The van der Waals surface area contributed by atoms with Gasteiger partial charge < -0.3 is 24.2 Å². The number of aliphatic hydroxyl groups is 1. The van der Waals surface area contributed by atoms with E-state index in [1.54, 1.807) is 12.1 Å². The van der Waals surface area contributed by atoms with Crippen LogP contribution in [0.5, 0.6) is 11.5 Å². The molecule has 1 heterocycles. The predicted octanol–water partition coefficient (Wildman–Crippen LogP) is 5.43. The highest BCUT2D eigenvalue weighted by atomic mass is 35.5. The van der Waals surface area contributed by atoms with Crippen LogP contribution in [0.4, 0.5) is 0 Å². The van der Waals surface area contributed by atoms with E-state index in [1.165, 1.54) is 7.11 Å². The third-order valence-electron chi connectivity index (χ3n) is 7.52. The lowest BCUT2D eigenvalue weighted by Gasteiger charge is -2.47. The minimum absolute atomic E-state index is 0.215. The first-order chi connectivity index (χ1) is 17.8. The summed E-state index contributed by atoms with van der Waals surface area (Å²) in [5.74, 6) is 0.832. The highest BCUT2D eigenvalue weighted by Crippen LogP contribution is 2.49. The van der Waals surface area contributed by atoms with Crippen molar-refractivity contribution in [3.8, 4) is 11.5 Å². The SMILES string of the molecule is COc1cc(OC[C@@]2(OCCCN3CCC(O)C3)C=CC=C(c3ccccc3)C2(C)C)c(Cl)cc1C=O. The molecular weight excluding hydrogens is 490 g/mol. The fourth-order valence-electron chi connectivity index (χ4n) is 5.19. The van der Waals surface area contributed by atoms with Crippen molar-refractivity contribution < 1.29 is 24.1 Å². The zero-order chi connectivity index (χ0) is 26.5. The van der Waals surface area contributed by atoms with E-state index < -0.39 is 11.0 Å². The van der Waals surface area contributed by atoms with Crippen LogP contribution < -0.4 is 9.47 Å². The average molecular weight is 526 g/mol. The van der Waals surface area contributed by atoms with Crippen molar-refractivity contribution in [1.82, 2.24) is 4.90 Å². The number of benzene rings is 2. The van der Waals surface area contributed by atoms with E-state index in [1.807, 2.05) is 24.3 Å². The fourth-order valence-corrected chi connectivity index (χ4v) is 5.42. The van der Waals surface area contributed by atoms with Gasteiger partial charge in [0.2, 0.25) is 0 Å². The number of carbonyl (C=O) groups excluding carboxylic acids is 1. The van der Waals surface area contributed by atoms with Gasteiger partial charge in [-0.15, -0.1) is 0 Å². The Morgan fingerprint density at radius 1 is 1.19 bits per heavy atom. The number of carbonyl (C=O) groups is 1. The quantitative estimate of drug-likeness (QED) is 0.311. The van der Waals surface area contributed by atoms with Crippen molar-refractivity contribution in [3.05, 3.63) is 76.8 Å². The van der Waals surface area contributed by atoms with E-state index in [0.29, 0.717) is 35.0 Å². The largest absolute Gasteiger partial charge is 0.496 e. The number of halogens is 1. The summed E-state index contributed by atoms with van der Waals surface area (Å²) < 4.78 is 18.4. The van der Waals surface area contributed by atoms with Crippen LogP contribution in [0.15, 0.2) is 60.7 Å². The van der Waals surface area contributed by atoms with Crippen LogP contribution in [0.3, 0.4) is 0 Å². The molecule has 6 nitrogen and oxygen atoms in total. The molecule has 1 aliphatic heterocycles. The van der Waals surface area contributed by atoms with Crippen LogP contribution in [0, 0.1) is 5.41 Å². The molecule has 0 bridgehead atoms. The normalized spacial score (nSPS) is 23.1. The lowest BCUT2D eigenvalue weighted by molar-refractivity contribution is -0.0926. The second kappa shape index (κ2) is 11.8. The first kappa shape index (κ1) is 27.4. The fraction of sp³-hybridized carbons (Fsp3) is 0.433. The molecule has 2 aliphatic rings. The van der Waals surface area contributed by atoms with Gasteiger partial charge in [-0.05, 0) is 36.1 Å². The minimum atomic E-state index is -0.780. The number of aldehydes is 1. The molecule has 1 N–H and O–H groups in total. The van der Waals surface area contributed by atoms with Gasteiger partial charge in [-0.2, -0.15) is 0 Å². The van der Waals surface area contributed by atoms with Crippen molar-refractivity contribution in [3.63, 3.8) is 0 Å². The van der Waals surface area contributed by atoms with Crippen LogP contribution in [0.2, 0.25) is 5.02 Å². The summed E-state index contributed by atoms with van der Waals surface area (Å²) in [6, 6.07) is 13.5. The number of ether oxygens (including phenoxy) is 3. The maximum Gasteiger partial charge on any atom is 0.153 e. The number of aliphatic hydroxyl groups excluding tert-OH is 1. The van der Waals surface area contributed by atoms with E-state index >= 15 is 0 Å². The van der Waals surface area contributed by atoms with Gasteiger partial charge in [0.1, 0.15) is 23.7 Å². The monoisotopic (exact) mass is 525 g/mol. The maximum atomic E-state index is 11.4. The van der Waals surface area contributed by atoms with Gasteiger partial charge in [-0.3, -0.25) is 4.79 Å². The summed E-state index contributed by atoms with van der Waals surface area (Å²) in [4.78, 5) is 13.7. The smallest absolute Gasteiger partial charge is 0.153 e. The third-order valence-corrected chi connectivity index (χ3v) is 7.82. The molecule has 1 saturated heterocycles. The van der Waals surface area contributed by atoms with Crippen LogP contribution in [0.1, 0.15) is 42.6 Å². The minimum Gasteiger partial charge on any atom is -0.496 e. The number of hydrogen-bond acceptors (Lipinski definition) is 6. The van der Waals surface area contributed by atoms with Crippen molar-refractivity contribution in [1.29, 1.82) is 0 Å². The Labute approximate surface area is 224 Å². The Balaban J connectivity index is 1.58. The van der Waals surface area contributed by atoms with E-state index in [-0.39, 0.29) is 12.7 Å². The van der Waals surface area contributed by atoms with E-state index in [0.717, 1.165) is 43.6 Å². The van der Waals surface area contributed by atoms with Crippen molar-refractivity contribution in [2.24, 2.45) is 5.41 Å². The van der Waals surface area contributed by atoms with Crippen LogP contribution in [0.25, 0.3) is 5.57 Å². The number of likely N-dealkylation sites (tertiary alicyclic amines) is 1. The molecule has 0 spiro atoms. The molecule has 198 valence electrons. The molecule has 0 amide bonds. The Morgan fingerprint density at radius 2 is 1.97 bits per heavy atom. The molecule has 0 saturated carbocycles. The van der Waals surface area contributed by atoms with E-state index in [9.17, 15) is 9.90 Å². The van der Waals surface area contributed by atoms with Crippen molar-refractivity contribution in [2.75, 3.05) is 40.0 Å². The average Bonchev–Trinajstić information content (AvgIpc) is 3.32. The van der Waals surface area contributed by atoms with Crippen molar-refractivity contribution >= 4 is 23.5 Å². The summed E-state index contributed by atoms with van der Waals surface area (Å²) in [5, 5.41) is 10.2.